The zero-order chi connectivity index (χ0) is 25.3. The molecule has 0 radical (unpaired) electrons. The Labute approximate surface area is 207 Å². The number of aromatic carboxylic acids is 1. The molecule has 1 saturated heterocycles. The fourth-order valence-corrected chi connectivity index (χ4v) is 4.75. The summed E-state index contributed by atoms with van der Waals surface area (Å²) in [5.41, 5.74) is 14.1. The van der Waals surface area contributed by atoms with E-state index in [0.29, 0.717) is 51.5 Å². The third-order valence-electron chi connectivity index (χ3n) is 6.26. The van der Waals surface area contributed by atoms with Crippen LogP contribution in [0.1, 0.15) is 46.9 Å². The standard InChI is InChI=1S/C23H28ClN7O4/c1-3-30-15-11-13(23(33)34)14(29-7-9-35-10-8-29)12-16(15)31(4-2)18(30)6-5-17(32)19-21(25)28-22(26)20(24)27-19/h11-12H,3-10H2,1-2H3,(H4-,25,26,28,32,33,34)/p+1. The molecule has 3 aromatic rings. The maximum absolute atomic E-state index is 12.9. The lowest BCUT2D eigenvalue weighted by atomic mass is 10.1. The molecule has 186 valence electrons. The van der Waals surface area contributed by atoms with Crippen LogP contribution in [0, 0.1) is 0 Å². The summed E-state index contributed by atoms with van der Waals surface area (Å²) in [6, 6.07) is 3.67. The van der Waals surface area contributed by atoms with Gasteiger partial charge in [0.2, 0.25) is 0 Å². The largest absolute Gasteiger partial charge is 0.478 e. The van der Waals surface area contributed by atoms with E-state index >= 15 is 0 Å². The van der Waals surface area contributed by atoms with Gasteiger partial charge in [-0.2, -0.15) is 0 Å². The van der Waals surface area contributed by atoms with Crippen molar-refractivity contribution in [1.82, 2.24) is 14.5 Å². The van der Waals surface area contributed by atoms with Crippen molar-refractivity contribution in [3.63, 3.8) is 0 Å². The molecule has 0 unspecified atom stereocenters. The van der Waals surface area contributed by atoms with Crippen molar-refractivity contribution < 1.29 is 24.0 Å². The lowest BCUT2D eigenvalue weighted by Crippen LogP contribution is -2.39. The van der Waals surface area contributed by atoms with Gasteiger partial charge in [-0.15, -0.1) is 0 Å². The first-order chi connectivity index (χ1) is 16.8. The Kier molecular flexibility index (Phi) is 7.08. The predicted octanol–water partition coefficient (Wildman–Crippen LogP) is 1.93. The summed E-state index contributed by atoms with van der Waals surface area (Å²) in [5, 5.41) is 9.90. The molecule has 35 heavy (non-hydrogen) atoms. The minimum atomic E-state index is -0.980. The minimum Gasteiger partial charge on any atom is -0.478 e. The van der Waals surface area contributed by atoms with Gasteiger partial charge in [0.05, 0.1) is 44.0 Å². The van der Waals surface area contributed by atoms with Crippen LogP contribution in [0.5, 0.6) is 0 Å². The molecule has 4 rings (SSSR count). The summed E-state index contributed by atoms with van der Waals surface area (Å²) in [4.78, 5) is 35.0. The van der Waals surface area contributed by atoms with E-state index in [1.807, 2.05) is 29.4 Å². The fraction of sp³-hybridized carbons (Fsp3) is 0.435. The van der Waals surface area contributed by atoms with Crippen molar-refractivity contribution in [3.05, 3.63) is 34.4 Å². The number of fused-ring (bicyclic) bond motifs is 1. The second-order valence-electron chi connectivity index (χ2n) is 8.22. The molecule has 12 heteroatoms. The summed E-state index contributed by atoms with van der Waals surface area (Å²) in [6.07, 6.45) is 0.519. The third-order valence-corrected chi connectivity index (χ3v) is 6.54. The first-order valence-corrected chi connectivity index (χ1v) is 11.9. The monoisotopic (exact) mass is 502 g/mol. The second kappa shape index (κ2) is 10.0. The smallest absolute Gasteiger partial charge is 0.337 e. The van der Waals surface area contributed by atoms with Crippen molar-refractivity contribution in [2.24, 2.45) is 0 Å². The molecule has 0 amide bonds. The number of nitrogens with zero attached hydrogens (tertiary/aromatic N) is 5. The lowest BCUT2D eigenvalue weighted by molar-refractivity contribution is -0.676. The molecule has 1 aliphatic heterocycles. The number of hydrogen-bond donors (Lipinski definition) is 3. The summed E-state index contributed by atoms with van der Waals surface area (Å²) >= 11 is 5.94. The molecular formula is C23H29ClN7O4+. The van der Waals surface area contributed by atoms with Crippen LogP contribution in [0.25, 0.3) is 11.0 Å². The number of ether oxygens (including phenoxy) is 1. The number of halogens is 1. The number of carboxylic acids is 1. The number of imidazole rings is 1. The van der Waals surface area contributed by atoms with Gasteiger partial charge in [0.15, 0.2) is 33.6 Å². The highest BCUT2D eigenvalue weighted by Gasteiger charge is 2.29. The van der Waals surface area contributed by atoms with Crippen LogP contribution in [0.15, 0.2) is 12.1 Å². The number of ketones is 1. The van der Waals surface area contributed by atoms with Crippen molar-refractivity contribution in [2.45, 2.75) is 39.8 Å². The molecule has 1 fully saturated rings. The molecule has 0 atom stereocenters. The number of aryl methyl sites for hydroxylation is 2. The van der Waals surface area contributed by atoms with Crippen LogP contribution in [0.2, 0.25) is 5.15 Å². The Balaban J connectivity index is 1.75. The molecule has 1 aliphatic rings. The Morgan fingerprint density at radius 2 is 1.89 bits per heavy atom. The predicted molar refractivity (Wildman–Crippen MR) is 132 cm³/mol. The topological polar surface area (TPSA) is 153 Å². The highest BCUT2D eigenvalue weighted by atomic mass is 35.5. The molecule has 3 heterocycles. The average Bonchev–Trinajstić information content (AvgIpc) is 3.15. The van der Waals surface area contributed by atoms with Crippen LogP contribution in [0.4, 0.5) is 17.3 Å². The van der Waals surface area contributed by atoms with Gasteiger partial charge in [-0.25, -0.2) is 23.9 Å². The van der Waals surface area contributed by atoms with Crippen molar-refractivity contribution >= 4 is 51.7 Å². The Bertz CT molecular complexity index is 1300. The van der Waals surface area contributed by atoms with Gasteiger partial charge in [-0.1, -0.05) is 11.6 Å². The number of carbonyl (C=O) groups excluding carboxylic acids is 1. The number of hydrogen-bond acceptors (Lipinski definition) is 8. The van der Waals surface area contributed by atoms with Gasteiger partial charge in [0, 0.05) is 31.6 Å². The maximum Gasteiger partial charge on any atom is 0.337 e. The number of carbonyl (C=O) groups is 2. The molecule has 1 aromatic carbocycles. The molecule has 0 bridgehead atoms. The van der Waals surface area contributed by atoms with E-state index in [0.717, 1.165) is 16.9 Å². The Hall–Kier alpha value is -3.44. The summed E-state index contributed by atoms with van der Waals surface area (Å²) in [5.74, 6) is -0.459. The number of carboxylic acid groups (broad SMARTS) is 1. The summed E-state index contributed by atoms with van der Waals surface area (Å²) in [6.45, 7) is 7.62. The van der Waals surface area contributed by atoms with Crippen molar-refractivity contribution in [1.29, 1.82) is 0 Å². The number of morpholine rings is 1. The van der Waals surface area contributed by atoms with E-state index in [9.17, 15) is 14.7 Å². The van der Waals surface area contributed by atoms with E-state index < -0.39 is 5.97 Å². The van der Waals surface area contributed by atoms with E-state index in [1.54, 1.807) is 6.07 Å². The number of anilines is 3. The number of benzene rings is 1. The Morgan fingerprint density at radius 1 is 1.17 bits per heavy atom. The number of rotatable bonds is 8. The normalized spacial score (nSPS) is 14.0. The van der Waals surface area contributed by atoms with E-state index in [2.05, 4.69) is 14.5 Å². The molecule has 0 spiro atoms. The molecule has 2 aromatic heterocycles. The van der Waals surface area contributed by atoms with Gasteiger partial charge in [-0.05, 0) is 13.8 Å². The van der Waals surface area contributed by atoms with Crippen molar-refractivity contribution in [3.8, 4) is 0 Å². The summed E-state index contributed by atoms with van der Waals surface area (Å²) < 4.78 is 9.61. The number of Topliss-reactive ketones (excluding diaryl/α,β-unsaturated/α-hetero) is 1. The maximum atomic E-state index is 12.9. The highest BCUT2D eigenvalue weighted by molar-refractivity contribution is 6.31. The molecule has 5 N–H and O–H groups in total. The van der Waals surface area contributed by atoms with Crippen LogP contribution in [-0.2, 0) is 24.2 Å². The number of nitrogen functional groups attached to an aromatic ring is 2. The van der Waals surface area contributed by atoms with Crippen molar-refractivity contribution in [2.75, 3.05) is 42.7 Å². The van der Waals surface area contributed by atoms with Gasteiger partial charge in [0.25, 0.3) is 5.82 Å². The van der Waals surface area contributed by atoms with Crippen LogP contribution >= 0.6 is 11.6 Å². The fourth-order valence-electron chi connectivity index (χ4n) is 4.63. The van der Waals surface area contributed by atoms with Gasteiger partial charge >= 0.3 is 5.97 Å². The molecule has 0 aliphatic carbocycles. The SMILES string of the molecule is CCn1c(CCC(=O)c2nc(Cl)c(N)nc2N)[n+](CC)c2cc(N3CCOCC3)c(C(=O)O)cc21. The van der Waals surface area contributed by atoms with Gasteiger partial charge in [0.1, 0.15) is 5.69 Å². The second-order valence-corrected chi connectivity index (χ2v) is 8.58. The quantitative estimate of drug-likeness (QED) is 0.309. The van der Waals surface area contributed by atoms with Crippen LogP contribution in [-0.4, -0.2) is 57.7 Å². The minimum absolute atomic E-state index is 0.00539. The third kappa shape index (κ3) is 4.61. The van der Waals surface area contributed by atoms with Crippen LogP contribution < -0.4 is 20.9 Å². The zero-order valence-electron chi connectivity index (χ0n) is 19.8. The van der Waals surface area contributed by atoms with Gasteiger partial charge < -0.3 is 26.2 Å². The number of aromatic nitrogens is 4. The first-order valence-electron chi connectivity index (χ1n) is 11.5. The summed E-state index contributed by atoms with van der Waals surface area (Å²) in [7, 11) is 0. The van der Waals surface area contributed by atoms with Gasteiger partial charge in [-0.3, -0.25) is 4.79 Å². The van der Waals surface area contributed by atoms with Crippen LogP contribution in [0.3, 0.4) is 0 Å². The highest BCUT2D eigenvalue weighted by Crippen LogP contribution is 2.29. The van der Waals surface area contributed by atoms with E-state index in [4.69, 9.17) is 27.8 Å². The zero-order valence-corrected chi connectivity index (χ0v) is 20.5. The first kappa shape index (κ1) is 24.7. The molecule has 0 saturated carbocycles. The van der Waals surface area contributed by atoms with E-state index in [-0.39, 0.29) is 40.3 Å². The lowest BCUT2D eigenvalue weighted by Gasteiger charge is -2.29. The molecular weight excluding hydrogens is 474 g/mol. The number of nitrogens with two attached hydrogens (primary N) is 2. The Morgan fingerprint density at radius 3 is 2.51 bits per heavy atom. The molecule has 11 nitrogen and oxygen atoms in total. The van der Waals surface area contributed by atoms with E-state index in [1.165, 1.54) is 0 Å². The average molecular weight is 503 g/mol.